The Bertz CT molecular complexity index is 286. The molecular weight excluding hydrogens is 226 g/mol. The molecule has 3 nitrogen and oxygen atoms in total. The Morgan fingerprint density at radius 2 is 1.22 bits per heavy atom. The predicted molar refractivity (Wildman–Crippen MR) is 76.3 cm³/mol. The minimum Gasteiger partial charge on any atom is -0.395 e. The summed E-state index contributed by atoms with van der Waals surface area (Å²) in [6, 6.07) is 0. The second kappa shape index (κ2) is 4.84. The third-order valence-corrected chi connectivity index (χ3v) is 3.67. The molecule has 108 valence electrons. The molecule has 0 fully saturated rings. The molecule has 0 bridgehead atoms. The maximum absolute atomic E-state index is 12.7. The minimum absolute atomic E-state index is 0.0718. The van der Waals surface area contributed by atoms with E-state index in [1.165, 1.54) is 0 Å². The molecule has 0 aliphatic rings. The summed E-state index contributed by atoms with van der Waals surface area (Å²) in [5.41, 5.74) is -1.76. The Morgan fingerprint density at radius 3 is 1.39 bits per heavy atom. The Kier molecular flexibility index (Phi) is 4.69. The monoisotopic (exact) mass is 257 g/mol. The Labute approximate surface area is 112 Å². The van der Waals surface area contributed by atoms with Crippen LogP contribution in [0.4, 0.5) is 0 Å². The zero-order valence-electron chi connectivity index (χ0n) is 13.6. The molecule has 0 aromatic heterocycles. The first kappa shape index (κ1) is 17.4. The molecule has 0 rings (SSSR count). The Balaban J connectivity index is 5.71. The highest BCUT2D eigenvalue weighted by atomic mass is 16.3. The minimum atomic E-state index is -0.812. The predicted octanol–water partition coefficient (Wildman–Crippen LogP) is 2.97. The lowest BCUT2D eigenvalue weighted by Crippen LogP contribution is -2.61. The standard InChI is InChI=1S/C15H31NO2/c1-12(2,3)15(10-17,13(4,5)6)11(18)16-14(7,8)9/h17H,10H2,1-9H3,(H,16,18). The molecule has 0 atom stereocenters. The van der Waals surface area contributed by atoms with Crippen molar-refractivity contribution in [1.29, 1.82) is 0 Å². The van der Waals surface area contributed by atoms with E-state index in [-0.39, 0.29) is 28.9 Å². The van der Waals surface area contributed by atoms with Crippen molar-refractivity contribution in [2.45, 2.75) is 67.9 Å². The molecule has 18 heavy (non-hydrogen) atoms. The molecule has 1 amide bonds. The lowest BCUT2D eigenvalue weighted by Gasteiger charge is -2.51. The molecule has 3 heteroatoms. The third-order valence-electron chi connectivity index (χ3n) is 3.67. The van der Waals surface area contributed by atoms with Crippen LogP contribution in [0.1, 0.15) is 62.3 Å². The summed E-state index contributed by atoms with van der Waals surface area (Å²) in [5, 5.41) is 13.0. The van der Waals surface area contributed by atoms with Gasteiger partial charge in [0.15, 0.2) is 0 Å². The van der Waals surface area contributed by atoms with E-state index in [0.717, 1.165) is 0 Å². The number of amides is 1. The van der Waals surface area contributed by atoms with Crippen LogP contribution in [-0.2, 0) is 4.79 Å². The first-order valence-electron chi connectivity index (χ1n) is 6.62. The van der Waals surface area contributed by atoms with Crippen LogP contribution in [0.3, 0.4) is 0 Å². The topological polar surface area (TPSA) is 49.3 Å². The molecule has 0 aromatic rings. The average Bonchev–Trinajstić information content (AvgIpc) is 1.95. The van der Waals surface area contributed by atoms with Gasteiger partial charge in [-0.3, -0.25) is 4.79 Å². The van der Waals surface area contributed by atoms with E-state index < -0.39 is 5.41 Å². The number of carbonyl (C=O) groups is 1. The largest absolute Gasteiger partial charge is 0.395 e. The zero-order valence-corrected chi connectivity index (χ0v) is 13.6. The van der Waals surface area contributed by atoms with Gasteiger partial charge in [0.05, 0.1) is 12.0 Å². The molecule has 0 aromatic carbocycles. The maximum Gasteiger partial charge on any atom is 0.230 e. The molecular formula is C15H31NO2. The molecule has 0 saturated carbocycles. The number of aliphatic hydroxyl groups excluding tert-OH is 1. The van der Waals surface area contributed by atoms with Gasteiger partial charge in [-0.25, -0.2) is 0 Å². The van der Waals surface area contributed by atoms with E-state index in [1.807, 2.05) is 62.3 Å². The summed E-state index contributed by atoms with van der Waals surface area (Å²) in [6.45, 7) is 17.8. The highest BCUT2D eigenvalue weighted by molar-refractivity contribution is 5.85. The fraction of sp³-hybridized carbons (Fsp3) is 0.933. The van der Waals surface area contributed by atoms with E-state index in [0.29, 0.717) is 0 Å². The molecule has 0 heterocycles. The van der Waals surface area contributed by atoms with Gasteiger partial charge in [0, 0.05) is 5.54 Å². The van der Waals surface area contributed by atoms with Gasteiger partial charge in [0.25, 0.3) is 0 Å². The van der Waals surface area contributed by atoms with E-state index >= 15 is 0 Å². The van der Waals surface area contributed by atoms with Gasteiger partial charge in [-0.15, -0.1) is 0 Å². The molecule has 0 spiro atoms. The quantitative estimate of drug-likeness (QED) is 0.799. The number of aliphatic hydroxyl groups is 1. The first-order valence-corrected chi connectivity index (χ1v) is 6.62. The van der Waals surface area contributed by atoms with Gasteiger partial charge in [-0.1, -0.05) is 41.5 Å². The normalized spacial score (nSPS) is 14.6. The Hall–Kier alpha value is -0.570. The van der Waals surface area contributed by atoms with Gasteiger partial charge >= 0.3 is 0 Å². The molecule has 0 aliphatic heterocycles. The van der Waals surface area contributed by atoms with Crippen LogP contribution in [0, 0.1) is 16.2 Å². The summed E-state index contributed by atoms with van der Waals surface area (Å²) in [7, 11) is 0. The number of nitrogens with one attached hydrogen (secondary N) is 1. The molecule has 0 saturated heterocycles. The molecule has 0 radical (unpaired) electrons. The van der Waals surface area contributed by atoms with E-state index in [9.17, 15) is 9.90 Å². The summed E-state index contributed by atoms with van der Waals surface area (Å²) >= 11 is 0. The van der Waals surface area contributed by atoms with Crippen molar-refractivity contribution in [3.8, 4) is 0 Å². The van der Waals surface area contributed by atoms with Crippen molar-refractivity contribution in [3.05, 3.63) is 0 Å². The van der Waals surface area contributed by atoms with Gasteiger partial charge < -0.3 is 10.4 Å². The maximum atomic E-state index is 12.7. The van der Waals surface area contributed by atoms with Crippen molar-refractivity contribution < 1.29 is 9.90 Å². The van der Waals surface area contributed by atoms with Crippen LogP contribution in [0.5, 0.6) is 0 Å². The second-order valence-corrected chi connectivity index (χ2v) is 8.27. The fourth-order valence-corrected chi connectivity index (χ4v) is 2.80. The lowest BCUT2D eigenvalue weighted by atomic mass is 9.53. The number of hydrogen-bond donors (Lipinski definition) is 2. The summed E-state index contributed by atoms with van der Waals surface area (Å²) in [5.74, 6) is -0.0718. The van der Waals surface area contributed by atoms with Crippen LogP contribution in [0.25, 0.3) is 0 Å². The van der Waals surface area contributed by atoms with E-state index in [4.69, 9.17) is 0 Å². The van der Waals surface area contributed by atoms with Crippen LogP contribution in [-0.4, -0.2) is 23.2 Å². The van der Waals surface area contributed by atoms with Gasteiger partial charge in [0.1, 0.15) is 0 Å². The van der Waals surface area contributed by atoms with Crippen LogP contribution in [0.2, 0.25) is 0 Å². The highest BCUT2D eigenvalue weighted by Gasteiger charge is 2.56. The summed E-state index contributed by atoms with van der Waals surface area (Å²) < 4.78 is 0. The highest BCUT2D eigenvalue weighted by Crippen LogP contribution is 2.51. The van der Waals surface area contributed by atoms with Crippen LogP contribution >= 0.6 is 0 Å². The Morgan fingerprint density at radius 1 is 0.889 bits per heavy atom. The smallest absolute Gasteiger partial charge is 0.230 e. The number of carbonyl (C=O) groups excluding carboxylic acids is 1. The van der Waals surface area contributed by atoms with Crippen molar-refractivity contribution >= 4 is 5.91 Å². The average molecular weight is 257 g/mol. The van der Waals surface area contributed by atoms with Crippen LogP contribution < -0.4 is 5.32 Å². The van der Waals surface area contributed by atoms with Crippen molar-refractivity contribution in [1.82, 2.24) is 5.32 Å². The van der Waals surface area contributed by atoms with Crippen LogP contribution in [0.15, 0.2) is 0 Å². The fourth-order valence-electron chi connectivity index (χ4n) is 2.80. The summed E-state index contributed by atoms with van der Waals surface area (Å²) in [6.07, 6.45) is 0. The number of hydrogen-bond acceptors (Lipinski definition) is 2. The first-order chi connectivity index (χ1) is 7.69. The molecule has 0 aliphatic carbocycles. The second-order valence-electron chi connectivity index (χ2n) is 8.27. The number of rotatable bonds is 2. The van der Waals surface area contributed by atoms with E-state index in [1.54, 1.807) is 0 Å². The molecule has 0 unspecified atom stereocenters. The lowest BCUT2D eigenvalue weighted by molar-refractivity contribution is -0.157. The third kappa shape index (κ3) is 3.25. The van der Waals surface area contributed by atoms with Gasteiger partial charge in [-0.2, -0.15) is 0 Å². The van der Waals surface area contributed by atoms with Crippen molar-refractivity contribution in [3.63, 3.8) is 0 Å². The van der Waals surface area contributed by atoms with Crippen molar-refractivity contribution in [2.75, 3.05) is 6.61 Å². The zero-order chi connectivity index (χ0) is 15.0. The summed E-state index contributed by atoms with van der Waals surface area (Å²) in [4.78, 5) is 12.7. The SMILES string of the molecule is CC(C)(C)NC(=O)C(CO)(C(C)(C)C)C(C)(C)C. The van der Waals surface area contributed by atoms with E-state index in [2.05, 4.69) is 5.32 Å². The molecule has 2 N–H and O–H groups in total. The van der Waals surface area contributed by atoms with Gasteiger partial charge in [0.2, 0.25) is 5.91 Å². The van der Waals surface area contributed by atoms with Gasteiger partial charge in [-0.05, 0) is 31.6 Å². The van der Waals surface area contributed by atoms with Crippen molar-refractivity contribution in [2.24, 2.45) is 16.2 Å².